The molecule has 106 valence electrons. The number of amides is 1. The van der Waals surface area contributed by atoms with Gasteiger partial charge in [-0.3, -0.25) is 0 Å². The first-order valence-electron chi connectivity index (χ1n) is 6.15. The molecule has 7 heteroatoms. The van der Waals surface area contributed by atoms with Crippen LogP contribution in [-0.4, -0.2) is 16.1 Å². The molecule has 2 aromatic heterocycles. The number of nitrogen functional groups attached to an aromatic ring is 1. The van der Waals surface area contributed by atoms with E-state index in [4.69, 9.17) is 16.2 Å². The summed E-state index contributed by atoms with van der Waals surface area (Å²) in [5, 5.41) is 0.941. The van der Waals surface area contributed by atoms with Gasteiger partial charge in [0, 0.05) is 5.56 Å². The van der Waals surface area contributed by atoms with Crippen molar-refractivity contribution in [2.75, 3.05) is 5.73 Å². The summed E-state index contributed by atoms with van der Waals surface area (Å²) in [4.78, 5) is 20.5. The molecular formula is C14H12N4O2S. The molecule has 21 heavy (non-hydrogen) atoms. The molecule has 0 spiro atoms. The highest BCUT2D eigenvalue weighted by atomic mass is 32.1. The lowest BCUT2D eigenvalue weighted by molar-refractivity contribution is 0.212. The van der Waals surface area contributed by atoms with Gasteiger partial charge in [0.2, 0.25) is 5.06 Å². The first kappa shape index (κ1) is 13.3. The molecule has 4 N–H and O–H groups in total. The van der Waals surface area contributed by atoms with E-state index < -0.39 is 6.09 Å². The molecule has 6 nitrogen and oxygen atoms in total. The van der Waals surface area contributed by atoms with Crippen molar-refractivity contribution in [3.8, 4) is 16.5 Å². The van der Waals surface area contributed by atoms with E-state index in [1.165, 1.54) is 11.3 Å². The van der Waals surface area contributed by atoms with Crippen molar-refractivity contribution >= 4 is 33.3 Å². The summed E-state index contributed by atoms with van der Waals surface area (Å²) < 4.78 is 4.90. The van der Waals surface area contributed by atoms with Crippen LogP contribution in [0.4, 0.5) is 10.5 Å². The first-order chi connectivity index (χ1) is 10.1. The largest absolute Gasteiger partial charge is 0.410 e. The number of aryl methyl sites for hydroxylation is 1. The maximum atomic E-state index is 10.9. The summed E-state index contributed by atoms with van der Waals surface area (Å²) in [6, 6.07) is 9.62. The second-order valence-electron chi connectivity index (χ2n) is 4.40. The summed E-state index contributed by atoms with van der Waals surface area (Å²) in [7, 11) is 0. The average molecular weight is 300 g/mol. The number of nitrogens with zero attached hydrogens (tertiary/aromatic N) is 2. The molecule has 0 aliphatic rings. The van der Waals surface area contributed by atoms with E-state index in [0.717, 1.165) is 11.3 Å². The molecular weight excluding hydrogens is 288 g/mol. The Kier molecular flexibility index (Phi) is 3.19. The fourth-order valence-electron chi connectivity index (χ4n) is 2.06. The fourth-order valence-corrected chi connectivity index (χ4v) is 3.06. The molecule has 0 atom stereocenters. The van der Waals surface area contributed by atoms with Gasteiger partial charge in [-0.2, -0.15) is 0 Å². The highest BCUT2D eigenvalue weighted by Crippen LogP contribution is 2.40. The normalized spacial score (nSPS) is 10.7. The van der Waals surface area contributed by atoms with Crippen molar-refractivity contribution in [3.05, 3.63) is 36.0 Å². The van der Waals surface area contributed by atoms with Crippen LogP contribution in [-0.2, 0) is 0 Å². The number of carbonyl (C=O) groups excluding carboxylic acids is 1. The zero-order chi connectivity index (χ0) is 15.0. The van der Waals surface area contributed by atoms with Crippen LogP contribution in [0, 0.1) is 6.92 Å². The monoisotopic (exact) mass is 300 g/mol. The molecule has 3 aromatic rings. The number of rotatable bonds is 2. The van der Waals surface area contributed by atoms with Gasteiger partial charge in [0.15, 0.2) is 5.82 Å². The predicted molar refractivity (Wildman–Crippen MR) is 82.2 cm³/mol. The molecule has 1 aromatic carbocycles. The Hall–Kier alpha value is -2.67. The van der Waals surface area contributed by atoms with E-state index in [9.17, 15) is 4.79 Å². The molecule has 0 aliphatic carbocycles. The van der Waals surface area contributed by atoms with E-state index in [2.05, 4.69) is 9.97 Å². The van der Waals surface area contributed by atoms with Gasteiger partial charge in [0.1, 0.15) is 4.83 Å². The van der Waals surface area contributed by atoms with Gasteiger partial charge in [-0.15, -0.1) is 0 Å². The Balaban J connectivity index is 2.18. The van der Waals surface area contributed by atoms with Crippen LogP contribution in [0.1, 0.15) is 5.69 Å². The fraction of sp³-hybridized carbons (Fsp3) is 0.0714. The minimum absolute atomic E-state index is 0.250. The smallest absolute Gasteiger partial charge is 0.397 e. The molecule has 1 amide bonds. The van der Waals surface area contributed by atoms with Crippen molar-refractivity contribution in [1.82, 2.24) is 9.97 Å². The highest BCUT2D eigenvalue weighted by Gasteiger charge is 2.18. The van der Waals surface area contributed by atoms with Crippen LogP contribution in [0.2, 0.25) is 0 Å². The van der Waals surface area contributed by atoms with E-state index in [0.29, 0.717) is 21.7 Å². The average Bonchev–Trinajstić information content (AvgIpc) is 2.76. The number of anilines is 1. The lowest BCUT2D eigenvalue weighted by atomic mass is 10.2. The second-order valence-corrected chi connectivity index (χ2v) is 5.36. The molecule has 3 rings (SSSR count). The van der Waals surface area contributed by atoms with Crippen molar-refractivity contribution in [3.63, 3.8) is 0 Å². The van der Waals surface area contributed by atoms with Crippen LogP contribution >= 0.6 is 11.3 Å². The van der Waals surface area contributed by atoms with E-state index in [1.54, 1.807) is 0 Å². The minimum Gasteiger partial charge on any atom is -0.397 e. The Bertz CT molecular complexity index is 830. The van der Waals surface area contributed by atoms with Gasteiger partial charge in [-0.05, 0) is 6.92 Å². The number of aromatic nitrogens is 2. The van der Waals surface area contributed by atoms with Crippen LogP contribution in [0.5, 0.6) is 5.06 Å². The molecule has 0 aliphatic heterocycles. The minimum atomic E-state index is -0.901. The number of hydrogen-bond acceptors (Lipinski definition) is 6. The number of fused-ring (bicyclic) bond motifs is 1. The summed E-state index contributed by atoms with van der Waals surface area (Å²) in [5.41, 5.74) is 13.0. The molecule has 0 unspecified atom stereocenters. The molecule has 0 fully saturated rings. The van der Waals surface area contributed by atoms with Gasteiger partial charge in [0.05, 0.1) is 16.8 Å². The standard InChI is InChI=1S/C14H12N4O2S/c1-7-9-10(15)13(20-14(16)19)21-12(9)18-11(17-7)8-5-3-2-4-6-8/h2-6H,15H2,1H3,(H2,16,19). The van der Waals surface area contributed by atoms with Gasteiger partial charge in [0.25, 0.3) is 0 Å². The second kappa shape index (κ2) is 5.02. The summed E-state index contributed by atoms with van der Waals surface area (Å²) in [6.45, 7) is 1.84. The molecule has 0 radical (unpaired) electrons. The zero-order valence-electron chi connectivity index (χ0n) is 11.2. The molecule has 0 saturated heterocycles. The number of primary amides is 1. The topological polar surface area (TPSA) is 104 Å². The Morgan fingerprint density at radius 2 is 1.95 bits per heavy atom. The lowest BCUT2D eigenvalue weighted by Gasteiger charge is -2.03. The van der Waals surface area contributed by atoms with E-state index in [-0.39, 0.29) is 5.06 Å². The van der Waals surface area contributed by atoms with Gasteiger partial charge < -0.3 is 16.2 Å². The summed E-state index contributed by atoms with van der Waals surface area (Å²) in [6.07, 6.45) is -0.901. The number of nitrogens with two attached hydrogens (primary N) is 2. The summed E-state index contributed by atoms with van der Waals surface area (Å²) >= 11 is 1.18. The quantitative estimate of drug-likeness (QED) is 0.757. The van der Waals surface area contributed by atoms with Crippen molar-refractivity contribution in [2.45, 2.75) is 6.92 Å². The Morgan fingerprint density at radius 3 is 2.62 bits per heavy atom. The Morgan fingerprint density at radius 1 is 1.24 bits per heavy atom. The highest BCUT2D eigenvalue weighted by molar-refractivity contribution is 7.21. The van der Waals surface area contributed by atoms with Crippen LogP contribution in [0.3, 0.4) is 0 Å². The SMILES string of the molecule is Cc1nc(-c2ccccc2)nc2sc(OC(N)=O)c(N)c12. The maximum Gasteiger partial charge on any atom is 0.410 e. The summed E-state index contributed by atoms with van der Waals surface area (Å²) in [5.74, 6) is 0.604. The van der Waals surface area contributed by atoms with Crippen LogP contribution in [0.15, 0.2) is 30.3 Å². The molecule has 0 saturated carbocycles. The third-order valence-corrected chi connectivity index (χ3v) is 3.94. The van der Waals surface area contributed by atoms with E-state index >= 15 is 0 Å². The third kappa shape index (κ3) is 2.38. The van der Waals surface area contributed by atoms with Gasteiger partial charge in [-0.1, -0.05) is 41.7 Å². The van der Waals surface area contributed by atoms with Crippen molar-refractivity contribution in [1.29, 1.82) is 0 Å². The maximum absolute atomic E-state index is 10.9. The van der Waals surface area contributed by atoms with Crippen LogP contribution < -0.4 is 16.2 Å². The lowest BCUT2D eigenvalue weighted by Crippen LogP contribution is -2.16. The van der Waals surface area contributed by atoms with Crippen molar-refractivity contribution in [2.24, 2.45) is 5.73 Å². The molecule has 0 bridgehead atoms. The first-order valence-corrected chi connectivity index (χ1v) is 6.97. The third-order valence-electron chi connectivity index (χ3n) is 2.96. The van der Waals surface area contributed by atoms with Crippen LogP contribution in [0.25, 0.3) is 21.6 Å². The number of thiophene rings is 1. The number of hydrogen-bond donors (Lipinski definition) is 2. The van der Waals surface area contributed by atoms with Gasteiger partial charge in [-0.25, -0.2) is 14.8 Å². The number of carbonyl (C=O) groups is 1. The van der Waals surface area contributed by atoms with Crippen molar-refractivity contribution < 1.29 is 9.53 Å². The predicted octanol–water partition coefficient (Wildman–Crippen LogP) is 2.71. The van der Waals surface area contributed by atoms with Gasteiger partial charge >= 0.3 is 6.09 Å². The van der Waals surface area contributed by atoms with E-state index in [1.807, 2.05) is 37.3 Å². The number of benzene rings is 1. The zero-order valence-corrected chi connectivity index (χ0v) is 12.0. The number of ether oxygens (including phenoxy) is 1. The molecule has 2 heterocycles. The Labute approximate surface area is 124 Å².